The number of Topliss-reactive ketones (excluding diaryl/α,β-unsaturated/α-hetero) is 1. The van der Waals surface area contributed by atoms with Crippen LogP contribution in [-0.2, 0) is 4.79 Å². The highest BCUT2D eigenvalue weighted by molar-refractivity contribution is 7.99. The van der Waals surface area contributed by atoms with Gasteiger partial charge in [0.25, 0.3) is 5.56 Å². The van der Waals surface area contributed by atoms with Crippen LogP contribution >= 0.6 is 46.3 Å². The van der Waals surface area contributed by atoms with E-state index in [0.29, 0.717) is 37.6 Å². The monoisotopic (exact) mass is 398 g/mol. The molecule has 24 heavy (non-hydrogen) atoms. The number of rotatable bonds is 5. The SMILES string of the molecule is CC(=O)CCSc1nc2scc(-c3ccc(Cl)c(Cl)c3)c2c(=O)[nH]1. The summed E-state index contributed by atoms with van der Waals surface area (Å²) in [6.07, 6.45) is 0.450. The molecule has 0 atom stereocenters. The number of fused-ring (bicyclic) bond motifs is 1. The van der Waals surface area contributed by atoms with Crippen molar-refractivity contribution in [3.63, 3.8) is 0 Å². The Morgan fingerprint density at radius 2 is 2.12 bits per heavy atom. The molecule has 0 radical (unpaired) electrons. The maximum Gasteiger partial charge on any atom is 0.260 e. The minimum absolute atomic E-state index is 0.115. The molecule has 0 fully saturated rings. The number of carbonyl (C=O) groups is 1. The first-order valence-corrected chi connectivity index (χ1v) is 9.67. The fraction of sp³-hybridized carbons (Fsp3) is 0.188. The molecule has 0 aliphatic heterocycles. The summed E-state index contributed by atoms with van der Waals surface area (Å²) < 4.78 is 0. The highest BCUT2D eigenvalue weighted by Gasteiger charge is 2.14. The van der Waals surface area contributed by atoms with Crippen molar-refractivity contribution in [2.75, 3.05) is 5.75 Å². The molecule has 0 aliphatic rings. The molecule has 3 aromatic rings. The molecular weight excluding hydrogens is 387 g/mol. The predicted octanol–water partition coefficient (Wildman–Crippen LogP) is 5.03. The molecule has 0 bridgehead atoms. The predicted molar refractivity (Wildman–Crippen MR) is 102 cm³/mol. The average Bonchev–Trinajstić information content (AvgIpc) is 2.94. The largest absolute Gasteiger partial charge is 0.301 e. The third kappa shape index (κ3) is 3.67. The zero-order valence-corrected chi connectivity index (χ0v) is 15.7. The lowest BCUT2D eigenvalue weighted by Gasteiger charge is -2.03. The lowest BCUT2D eigenvalue weighted by Crippen LogP contribution is -2.09. The topological polar surface area (TPSA) is 62.8 Å². The lowest BCUT2D eigenvalue weighted by atomic mass is 10.1. The van der Waals surface area contributed by atoms with Gasteiger partial charge in [0.05, 0.1) is 15.4 Å². The number of aromatic amines is 1. The molecule has 2 aromatic heterocycles. The number of nitrogens with zero attached hydrogens (tertiary/aromatic N) is 1. The number of H-pyrrole nitrogens is 1. The first-order valence-electron chi connectivity index (χ1n) is 7.05. The Morgan fingerprint density at radius 1 is 1.33 bits per heavy atom. The van der Waals surface area contributed by atoms with Gasteiger partial charge >= 0.3 is 0 Å². The standard InChI is InChI=1S/C16H12Cl2N2O2S2/c1-8(21)4-5-23-16-19-14(22)13-10(7-24-15(13)20-16)9-2-3-11(17)12(18)6-9/h2-3,6-7H,4-5H2,1H3,(H,19,20,22). The van der Waals surface area contributed by atoms with Crippen molar-refractivity contribution in [1.82, 2.24) is 9.97 Å². The number of benzene rings is 1. The molecule has 0 amide bonds. The van der Waals surface area contributed by atoms with Gasteiger partial charge in [-0.15, -0.1) is 11.3 Å². The highest BCUT2D eigenvalue weighted by atomic mass is 35.5. The maximum absolute atomic E-state index is 12.5. The Bertz CT molecular complexity index is 982. The van der Waals surface area contributed by atoms with Gasteiger partial charge in [-0.2, -0.15) is 0 Å². The van der Waals surface area contributed by atoms with Crippen LogP contribution in [0.3, 0.4) is 0 Å². The highest BCUT2D eigenvalue weighted by Crippen LogP contribution is 2.34. The number of hydrogen-bond acceptors (Lipinski definition) is 5. The zero-order chi connectivity index (χ0) is 17.3. The van der Waals surface area contributed by atoms with E-state index >= 15 is 0 Å². The molecule has 4 nitrogen and oxygen atoms in total. The summed E-state index contributed by atoms with van der Waals surface area (Å²) in [7, 11) is 0. The van der Waals surface area contributed by atoms with Crippen LogP contribution in [0.2, 0.25) is 10.0 Å². The number of aromatic nitrogens is 2. The first kappa shape index (κ1) is 17.5. The van der Waals surface area contributed by atoms with Crippen molar-refractivity contribution in [2.45, 2.75) is 18.5 Å². The Labute approximate surface area is 156 Å². The molecule has 0 aliphatic carbocycles. The molecule has 0 spiro atoms. The van der Waals surface area contributed by atoms with Crippen LogP contribution in [0.4, 0.5) is 0 Å². The minimum Gasteiger partial charge on any atom is -0.301 e. The molecule has 1 N–H and O–H groups in total. The van der Waals surface area contributed by atoms with Gasteiger partial charge in [0.1, 0.15) is 10.6 Å². The van der Waals surface area contributed by atoms with E-state index in [0.717, 1.165) is 11.1 Å². The molecule has 8 heteroatoms. The van der Waals surface area contributed by atoms with Crippen LogP contribution in [-0.4, -0.2) is 21.5 Å². The van der Waals surface area contributed by atoms with Gasteiger partial charge in [0.2, 0.25) is 0 Å². The number of halogens is 2. The van der Waals surface area contributed by atoms with Crippen molar-refractivity contribution in [1.29, 1.82) is 0 Å². The van der Waals surface area contributed by atoms with E-state index in [4.69, 9.17) is 23.2 Å². The first-order chi connectivity index (χ1) is 11.5. The minimum atomic E-state index is -0.201. The van der Waals surface area contributed by atoms with E-state index in [-0.39, 0.29) is 11.3 Å². The van der Waals surface area contributed by atoms with Crippen molar-refractivity contribution in [2.24, 2.45) is 0 Å². The van der Waals surface area contributed by atoms with Crippen LogP contribution in [0.5, 0.6) is 0 Å². The Hall–Kier alpha value is -1.34. The second kappa shape index (κ2) is 7.27. The van der Waals surface area contributed by atoms with E-state index in [1.807, 2.05) is 11.4 Å². The van der Waals surface area contributed by atoms with E-state index in [1.165, 1.54) is 23.1 Å². The lowest BCUT2D eigenvalue weighted by molar-refractivity contribution is -0.116. The summed E-state index contributed by atoms with van der Waals surface area (Å²) in [5.74, 6) is 0.707. The number of thiophene rings is 1. The average molecular weight is 399 g/mol. The van der Waals surface area contributed by atoms with Gasteiger partial charge in [-0.05, 0) is 24.6 Å². The van der Waals surface area contributed by atoms with E-state index in [9.17, 15) is 9.59 Å². The van der Waals surface area contributed by atoms with Gasteiger partial charge in [-0.3, -0.25) is 9.59 Å². The summed E-state index contributed by atoms with van der Waals surface area (Å²) in [4.78, 5) is 31.4. The summed E-state index contributed by atoms with van der Waals surface area (Å²) in [6, 6.07) is 5.27. The normalized spacial score (nSPS) is 11.1. The molecule has 3 rings (SSSR count). The molecule has 0 unspecified atom stereocenters. The van der Waals surface area contributed by atoms with Gasteiger partial charge < -0.3 is 4.98 Å². The van der Waals surface area contributed by atoms with Crippen LogP contribution in [0, 0.1) is 0 Å². The van der Waals surface area contributed by atoms with Crippen molar-refractivity contribution >= 4 is 62.3 Å². The van der Waals surface area contributed by atoms with Gasteiger partial charge in [0.15, 0.2) is 5.16 Å². The summed E-state index contributed by atoms with van der Waals surface area (Å²) >= 11 is 14.8. The molecule has 0 saturated carbocycles. The molecule has 2 heterocycles. The van der Waals surface area contributed by atoms with Gasteiger partial charge in [-0.1, -0.05) is 41.0 Å². The number of hydrogen-bond donors (Lipinski definition) is 1. The van der Waals surface area contributed by atoms with Gasteiger partial charge in [-0.25, -0.2) is 4.98 Å². The maximum atomic E-state index is 12.5. The number of ketones is 1. The van der Waals surface area contributed by atoms with E-state index < -0.39 is 0 Å². The van der Waals surface area contributed by atoms with Crippen LogP contribution in [0.25, 0.3) is 21.3 Å². The van der Waals surface area contributed by atoms with Crippen LogP contribution < -0.4 is 5.56 Å². The third-order valence-electron chi connectivity index (χ3n) is 3.35. The second-order valence-corrected chi connectivity index (χ2v) is 7.89. The molecular formula is C16H12Cl2N2O2S2. The van der Waals surface area contributed by atoms with Gasteiger partial charge in [0, 0.05) is 23.1 Å². The fourth-order valence-corrected chi connectivity index (χ4v) is 4.37. The molecule has 0 saturated heterocycles. The number of thioether (sulfide) groups is 1. The fourth-order valence-electron chi connectivity index (χ4n) is 2.17. The smallest absolute Gasteiger partial charge is 0.260 e. The summed E-state index contributed by atoms with van der Waals surface area (Å²) in [5.41, 5.74) is 1.40. The zero-order valence-electron chi connectivity index (χ0n) is 12.6. The molecule has 1 aromatic carbocycles. The Kier molecular flexibility index (Phi) is 5.30. The quantitative estimate of drug-likeness (QED) is 0.483. The van der Waals surface area contributed by atoms with Crippen molar-refractivity contribution in [3.05, 3.63) is 44.0 Å². The second-order valence-electron chi connectivity index (χ2n) is 5.13. The van der Waals surface area contributed by atoms with E-state index in [1.54, 1.807) is 19.1 Å². The summed E-state index contributed by atoms with van der Waals surface area (Å²) in [6.45, 7) is 1.54. The van der Waals surface area contributed by atoms with Crippen molar-refractivity contribution < 1.29 is 4.79 Å². The van der Waals surface area contributed by atoms with Crippen molar-refractivity contribution in [3.8, 4) is 11.1 Å². The van der Waals surface area contributed by atoms with Crippen LogP contribution in [0.1, 0.15) is 13.3 Å². The Balaban J connectivity index is 1.99. The number of nitrogens with one attached hydrogen (secondary N) is 1. The molecule has 124 valence electrons. The number of carbonyl (C=O) groups excluding carboxylic acids is 1. The summed E-state index contributed by atoms with van der Waals surface area (Å²) in [5, 5.41) is 3.85. The van der Waals surface area contributed by atoms with Crippen LogP contribution in [0.15, 0.2) is 33.5 Å². The van der Waals surface area contributed by atoms with E-state index in [2.05, 4.69) is 9.97 Å². The third-order valence-corrected chi connectivity index (χ3v) is 5.83. The Morgan fingerprint density at radius 3 is 2.83 bits per heavy atom.